The van der Waals surface area contributed by atoms with Crippen LogP contribution in [0.5, 0.6) is 0 Å². The molecule has 0 aliphatic carbocycles. The molecule has 0 aromatic heterocycles. The molecule has 1 atom stereocenters. The Balaban J connectivity index is 2.56. The third-order valence-electron chi connectivity index (χ3n) is 2.22. The van der Waals surface area contributed by atoms with Gasteiger partial charge in [0.05, 0.1) is 6.10 Å². The topological polar surface area (TPSA) is 20.2 Å². The zero-order valence-corrected chi connectivity index (χ0v) is 9.52. The van der Waals surface area contributed by atoms with Gasteiger partial charge in [-0.15, -0.1) is 0 Å². The average molecular weight is 271 g/mol. The van der Waals surface area contributed by atoms with Crippen LogP contribution in [0, 0.1) is 5.82 Å². The van der Waals surface area contributed by atoms with Crippen LogP contribution in [0.1, 0.15) is 18.4 Å². The van der Waals surface area contributed by atoms with E-state index in [-0.39, 0.29) is 11.4 Å². The molecular formula is C11H11ClF4O. The minimum absolute atomic E-state index is 0.0906. The molecule has 1 unspecified atom stereocenters. The molecule has 0 saturated heterocycles. The second-order valence-corrected chi connectivity index (χ2v) is 4.15. The van der Waals surface area contributed by atoms with Crippen LogP contribution >= 0.6 is 11.6 Å². The summed E-state index contributed by atoms with van der Waals surface area (Å²) >= 11 is 5.73. The van der Waals surface area contributed by atoms with E-state index in [1.54, 1.807) is 0 Å². The Labute approximate surface area is 101 Å². The molecular weight excluding hydrogens is 260 g/mol. The summed E-state index contributed by atoms with van der Waals surface area (Å²) in [4.78, 5) is 0. The first kappa shape index (κ1) is 14.3. The van der Waals surface area contributed by atoms with Gasteiger partial charge in [-0.25, -0.2) is 4.39 Å². The maximum atomic E-state index is 12.9. The molecule has 0 spiro atoms. The van der Waals surface area contributed by atoms with Crippen LogP contribution in [-0.2, 0) is 6.42 Å². The fourth-order valence-electron chi connectivity index (χ4n) is 1.39. The van der Waals surface area contributed by atoms with E-state index < -0.39 is 30.9 Å². The normalized spacial score (nSPS) is 13.8. The van der Waals surface area contributed by atoms with Gasteiger partial charge in [-0.2, -0.15) is 13.2 Å². The Morgan fingerprint density at radius 1 is 1.29 bits per heavy atom. The van der Waals surface area contributed by atoms with Gasteiger partial charge in [0, 0.05) is 11.4 Å². The quantitative estimate of drug-likeness (QED) is 0.827. The highest BCUT2D eigenvalue weighted by Gasteiger charge is 2.28. The lowest BCUT2D eigenvalue weighted by Gasteiger charge is -2.13. The zero-order chi connectivity index (χ0) is 13.1. The van der Waals surface area contributed by atoms with E-state index in [1.165, 1.54) is 6.07 Å². The molecule has 0 amide bonds. The summed E-state index contributed by atoms with van der Waals surface area (Å²) in [6.45, 7) is 0. The Kier molecular flexibility index (Phi) is 4.77. The molecule has 0 bridgehead atoms. The van der Waals surface area contributed by atoms with Gasteiger partial charge in [-0.1, -0.05) is 11.6 Å². The lowest BCUT2D eigenvalue weighted by atomic mass is 10.0. The van der Waals surface area contributed by atoms with Gasteiger partial charge in [0.2, 0.25) is 0 Å². The monoisotopic (exact) mass is 270 g/mol. The summed E-state index contributed by atoms with van der Waals surface area (Å²) in [7, 11) is 0. The first-order valence-electron chi connectivity index (χ1n) is 4.96. The molecule has 0 fully saturated rings. The van der Waals surface area contributed by atoms with Gasteiger partial charge >= 0.3 is 6.18 Å². The number of alkyl halides is 3. The van der Waals surface area contributed by atoms with Crippen molar-refractivity contribution in [2.45, 2.75) is 31.5 Å². The first-order valence-corrected chi connectivity index (χ1v) is 5.34. The molecule has 0 aliphatic rings. The Hall–Kier alpha value is -0.810. The van der Waals surface area contributed by atoms with Crippen molar-refractivity contribution in [1.82, 2.24) is 0 Å². The molecule has 1 aromatic rings. The van der Waals surface area contributed by atoms with Crippen molar-refractivity contribution in [2.75, 3.05) is 0 Å². The Morgan fingerprint density at radius 2 is 1.94 bits per heavy atom. The molecule has 0 saturated carbocycles. The van der Waals surface area contributed by atoms with Crippen LogP contribution in [0.3, 0.4) is 0 Å². The van der Waals surface area contributed by atoms with Crippen molar-refractivity contribution in [2.24, 2.45) is 0 Å². The van der Waals surface area contributed by atoms with Crippen LogP contribution in [0.4, 0.5) is 17.6 Å². The van der Waals surface area contributed by atoms with E-state index in [9.17, 15) is 22.7 Å². The van der Waals surface area contributed by atoms with Crippen LogP contribution in [0.25, 0.3) is 0 Å². The highest BCUT2D eigenvalue weighted by Crippen LogP contribution is 2.24. The summed E-state index contributed by atoms with van der Waals surface area (Å²) in [5.41, 5.74) is 0.307. The lowest BCUT2D eigenvalue weighted by molar-refractivity contribution is -0.139. The molecule has 0 aliphatic heterocycles. The molecule has 96 valence electrons. The third kappa shape index (κ3) is 5.37. The van der Waals surface area contributed by atoms with Gasteiger partial charge < -0.3 is 5.11 Å². The van der Waals surface area contributed by atoms with Gasteiger partial charge in [-0.05, 0) is 36.6 Å². The van der Waals surface area contributed by atoms with Gasteiger partial charge in [0.1, 0.15) is 5.82 Å². The van der Waals surface area contributed by atoms with Crippen molar-refractivity contribution < 1.29 is 22.7 Å². The standard InChI is InChI=1S/C11H11ClF4O/c12-10-2-1-8(13)5-7(10)6-9(17)3-4-11(14,15)16/h1-2,5,9,17H,3-4,6H2. The van der Waals surface area contributed by atoms with Gasteiger partial charge in [0.15, 0.2) is 0 Å². The summed E-state index contributed by atoms with van der Waals surface area (Å²) < 4.78 is 48.6. The smallest absolute Gasteiger partial charge is 0.389 e. The summed E-state index contributed by atoms with van der Waals surface area (Å²) in [6, 6.07) is 3.57. The largest absolute Gasteiger partial charge is 0.393 e. The minimum atomic E-state index is -4.30. The number of benzene rings is 1. The van der Waals surface area contributed by atoms with Crippen LogP contribution in [-0.4, -0.2) is 17.4 Å². The van der Waals surface area contributed by atoms with E-state index in [2.05, 4.69) is 0 Å². The van der Waals surface area contributed by atoms with Crippen molar-refractivity contribution in [1.29, 1.82) is 0 Å². The SMILES string of the molecule is OC(CCC(F)(F)F)Cc1cc(F)ccc1Cl. The summed E-state index contributed by atoms with van der Waals surface area (Å²) in [6.07, 6.45) is -7.06. The number of aliphatic hydroxyl groups excluding tert-OH is 1. The van der Waals surface area contributed by atoms with E-state index in [0.29, 0.717) is 5.56 Å². The van der Waals surface area contributed by atoms with Crippen molar-refractivity contribution >= 4 is 11.6 Å². The maximum absolute atomic E-state index is 12.9. The molecule has 1 aromatic carbocycles. The van der Waals surface area contributed by atoms with E-state index in [4.69, 9.17) is 11.6 Å². The highest BCUT2D eigenvalue weighted by atomic mass is 35.5. The highest BCUT2D eigenvalue weighted by molar-refractivity contribution is 6.31. The Bertz CT molecular complexity index is 378. The maximum Gasteiger partial charge on any atom is 0.389 e. The molecule has 0 heterocycles. The van der Waals surface area contributed by atoms with E-state index in [0.717, 1.165) is 12.1 Å². The first-order chi connectivity index (χ1) is 7.78. The Morgan fingerprint density at radius 3 is 2.53 bits per heavy atom. The van der Waals surface area contributed by atoms with Crippen molar-refractivity contribution in [3.8, 4) is 0 Å². The lowest BCUT2D eigenvalue weighted by Crippen LogP contribution is -2.16. The fraction of sp³-hybridized carbons (Fsp3) is 0.455. The minimum Gasteiger partial charge on any atom is -0.393 e. The average Bonchev–Trinajstić information content (AvgIpc) is 2.20. The summed E-state index contributed by atoms with van der Waals surface area (Å²) in [5, 5.41) is 9.63. The second kappa shape index (κ2) is 5.69. The third-order valence-corrected chi connectivity index (χ3v) is 2.59. The second-order valence-electron chi connectivity index (χ2n) is 3.75. The molecule has 6 heteroatoms. The van der Waals surface area contributed by atoms with Crippen molar-refractivity contribution in [3.05, 3.63) is 34.6 Å². The van der Waals surface area contributed by atoms with Crippen molar-refractivity contribution in [3.63, 3.8) is 0 Å². The number of rotatable bonds is 4. The van der Waals surface area contributed by atoms with Crippen LogP contribution < -0.4 is 0 Å². The molecule has 17 heavy (non-hydrogen) atoms. The van der Waals surface area contributed by atoms with Crippen LogP contribution in [0.2, 0.25) is 5.02 Å². The zero-order valence-electron chi connectivity index (χ0n) is 8.77. The molecule has 0 radical (unpaired) electrons. The number of hydrogen-bond acceptors (Lipinski definition) is 1. The van der Waals surface area contributed by atoms with Crippen LogP contribution in [0.15, 0.2) is 18.2 Å². The number of halogens is 5. The van der Waals surface area contributed by atoms with Gasteiger partial charge in [0.25, 0.3) is 0 Å². The molecule has 1 rings (SSSR count). The van der Waals surface area contributed by atoms with Gasteiger partial charge in [-0.3, -0.25) is 0 Å². The fourth-order valence-corrected chi connectivity index (χ4v) is 1.58. The van der Waals surface area contributed by atoms with E-state index >= 15 is 0 Å². The molecule has 1 N–H and O–H groups in total. The number of aliphatic hydroxyl groups is 1. The number of hydrogen-bond donors (Lipinski definition) is 1. The predicted molar refractivity (Wildman–Crippen MR) is 56.4 cm³/mol. The molecule has 1 nitrogen and oxygen atoms in total. The summed E-state index contributed by atoms with van der Waals surface area (Å²) in [5.74, 6) is -0.535. The predicted octanol–water partition coefficient (Wildman–Crippen LogP) is 3.73. The van der Waals surface area contributed by atoms with E-state index in [1.807, 2.05) is 0 Å².